The molecule has 0 aliphatic rings. The van der Waals surface area contributed by atoms with Crippen LogP contribution in [-0.2, 0) is 14.3 Å². The SMILES string of the molecule is CC(C)(C)OC(=O)COc1ccc(/C=N\NC(=O)COc2ccc(Cl)cc2)cc1. The van der Waals surface area contributed by atoms with Gasteiger partial charge in [-0.25, -0.2) is 10.2 Å². The van der Waals surface area contributed by atoms with Crippen LogP contribution in [0, 0.1) is 0 Å². The molecule has 0 spiro atoms. The quantitative estimate of drug-likeness (QED) is 0.402. The average Bonchev–Trinajstić information content (AvgIpc) is 2.65. The van der Waals surface area contributed by atoms with Crippen LogP contribution in [0.4, 0.5) is 0 Å². The maximum atomic E-state index is 11.7. The van der Waals surface area contributed by atoms with Gasteiger partial charge in [0.15, 0.2) is 13.2 Å². The van der Waals surface area contributed by atoms with E-state index in [2.05, 4.69) is 10.5 Å². The zero-order valence-electron chi connectivity index (χ0n) is 16.5. The summed E-state index contributed by atoms with van der Waals surface area (Å²) < 4.78 is 15.9. The van der Waals surface area contributed by atoms with E-state index in [1.54, 1.807) is 69.3 Å². The molecule has 0 saturated heterocycles. The lowest BCUT2D eigenvalue weighted by molar-refractivity contribution is -0.157. The molecule has 1 N–H and O–H groups in total. The number of nitrogens with one attached hydrogen (secondary N) is 1. The summed E-state index contributed by atoms with van der Waals surface area (Å²) in [6.07, 6.45) is 1.48. The number of esters is 1. The summed E-state index contributed by atoms with van der Waals surface area (Å²) >= 11 is 5.78. The van der Waals surface area contributed by atoms with Crippen molar-refractivity contribution in [1.82, 2.24) is 5.43 Å². The number of amides is 1. The van der Waals surface area contributed by atoms with Crippen LogP contribution in [0.15, 0.2) is 53.6 Å². The summed E-state index contributed by atoms with van der Waals surface area (Å²) in [6, 6.07) is 13.6. The van der Waals surface area contributed by atoms with Gasteiger partial charge in [0.25, 0.3) is 5.91 Å². The van der Waals surface area contributed by atoms with Crippen molar-refractivity contribution in [2.75, 3.05) is 13.2 Å². The molecule has 1 amide bonds. The van der Waals surface area contributed by atoms with Gasteiger partial charge in [-0.1, -0.05) is 11.6 Å². The Kier molecular flexibility index (Phi) is 8.03. The van der Waals surface area contributed by atoms with Crippen molar-refractivity contribution in [2.45, 2.75) is 26.4 Å². The second-order valence-electron chi connectivity index (χ2n) is 6.98. The maximum absolute atomic E-state index is 11.7. The van der Waals surface area contributed by atoms with E-state index in [0.29, 0.717) is 16.5 Å². The number of hydrogen-bond acceptors (Lipinski definition) is 6. The first-order valence-electron chi connectivity index (χ1n) is 8.86. The highest BCUT2D eigenvalue weighted by Crippen LogP contribution is 2.15. The largest absolute Gasteiger partial charge is 0.484 e. The third kappa shape index (κ3) is 9.12. The number of halogens is 1. The van der Waals surface area contributed by atoms with Gasteiger partial charge in [-0.05, 0) is 74.9 Å². The van der Waals surface area contributed by atoms with Crippen LogP contribution in [0.2, 0.25) is 5.02 Å². The molecule has 8 heteroatoms. The van der Waals surface area contributed by atoms with Gasteiger partial charge in [0.05, 0.1) is 6.21 Å². The number of hydrogen-bond donors (Lipinski definition) is 1. The average molecular weight is 419 g/mol. The lowest BCUT2D eigenvalue weighted by Crippen LogP contribution is -2.27. The topological polar surface area (TPSA) is 86.2 Å². The smallest absolute Gasteiger partial charge is 0.344 e. The molecule has 154 valence electrons. The molecule has 29 heavy (non-hydrogen) atoms. The fraction of sp³-hybridized carbons (Fsp3) is 0.286. The van der Waals surface area contributed by atoms with Crippen LogP contribution in [0.1, 0.15) is 26.3 Å². The van der Waals surface area contributed by atoms with E-state index in [1.807, 2.05) is 0 Å². The molecule has 0 aliphatic carbocycles. The van der Waals surface area contributed by atoms with Crippen molar-refractivity contribution in [2.24, 2.45) is 5.10 Å². The van der Waals surface area contributed by atoms with Gasteiger partial charge in [0, 0.05) is 5.02 Å². The molecule has 2 aromatic carbocycles. The Bertz CT molecular complexity index is 843. The molecule has 0 fully saturated rings. The highest BCUT2D eigenvalue weighted by atomic mass is 35.5. The predicted molar refractivity (Wildman–Crippen MR) is 110 cm³/mol. The van der Waals surface area contributed by atoms with Crippen molar-refractivity contribution >= 4 is 29.7 Å². The molecule has 0 radical (unpaired) electrons. The Labute approximate surface area is 174 Å². The second-order valence-corrected chi connectivity index (χ2v) is 7.42. The maximum Gasteiger partial charge on any atom is 0.344 e. The monoisotopic (exact) mass is 418 g/mol. The van der Waals surface area contributed by atoms with Crippen molar-refractivity contribution < 1.29 is 23.8 Å². The van der Waals surface area contributed by atoms with E-state index in [9.17, 15) is 9.59 Å². The number of carbonyl (C=O) groups excluding carboxylic acids is 2. The molecule has 0 aliphatic heterocycles. The van der Waals surface area contributed by atoms with E-state index in [4.69, 9.17) is 25.8 Å². The molecule has 0 atom stereocenters. The van der Waals surface area contributed by atoms with E-state index in [1.165, 1.54) is 6.21 Å². The summed E-state index contributed by atoms with van der Waals surface area (Å²) in [4.78, 5) is 23.4. The molecule has 0 heterocycles. The second kappa shape index (κ2) is 10.5. The normalized spacial score (nSPS) is 11.2. The summed E-state index contributed by atoms with van der Waals surface area (Å²) in [5.41, 5.74) is 2.57. The Morgan fingerprint density at radius 3 is 2.10 bits per heavy atom. The van der Waals surface area contributed by atoms with Gasteiger partial charge in [0.1, 0.15) is 17.1 Å². The van der Waals surface area contributed by atoms with Crippen LogP contribution in [0.3, 0.4) is 0 Å². The lowest BCUT2D eigenvalue weighted by atomic mass is 10.2. The number of hydrazone groups is 1. The summed E-state index contributed by atoms with van der Waals surface area (Å²) in [6.45, 7) is 5.04. The highest BCUT2D eigenvalue weighted by Gasteiger charge is 2.16. The van der Waals surface area contributed by atoms with Crippen molar-refractivity contribution in [1.29, 1.82) is 0 Å². The zero-order valence-corrected chi connectivity index (χ0v) is 17.2. The van der Waals surface area contributed by atoms with Gasteiger partial charge < -0.3 is 14.2 Å². The van der Waals surface area contributed by atoms with Crippen molar-refractivity contribution in [3.63, 3.8) is 0 Å². The van der Waals surface area contributed by atoms with Gasteiger partial charge in [0.2, 0.25) is 0 Å². The van der Waals surface area contributed by atoms with Gasteiger partial charge >= 0.3 is 5.97 Å². The Morgan fingerprint density at radius 2 is 1.52 bits per heavy atom. The van der Waals surface area contributed by atoms with Crippen molar-refractivity contribution in [3.8, 4) is 11.5 Å². The van der Waals surface area contributed by atoms with Crippen LogP contribution >= 0.6 is 11.6 Å². The fourth-order valence-corrected chi connectivity index (χ4v) is 2.18. The lowest BCUT2D eigenvalue weighted by Gasteiger charge is -2.19. The van der Waals surface area contributed by atoms with Gasteiger partial charge in [-0.15, -0.1) is 0 Å². The van der Waals surface area contributed by atoms with Crippen LogP contribution in [0.5, 0.6) is 11.5 Å². The molecular weight excluding hydrogens is 396 g/mol. The summed E-state index contributed by atoms with van der Waals surface area (Å²) in [5.74, 6) is 0.226. The highest BCUT2D eigenvalue weighted by molar-refractivity contribution is 6.30. The molecule has 0 saturated carbocycles. The molecule has 0 bridgehead atoms. The van der Waals surface area contributed by atoms with Crippen molar-refractivity contribution in [3.05, 3.63) is 59.1 Å². The Balaban J connectivity index is 1.72. The Morgan fingerprint density at radius 1 is 0.966 bits per heavy atom. The molecule has 7 nitrogen and oxygen atoms in total. The third-order valence-corrected chi connectivity index (χ3v) is 3.50. The first kappa shape index (κ1) is 22.2. The molecule has 2 aromatic rings. The Hall–Kier alpha value is -3.06. The number of carbonyl (C=O) groups is 2. The van der Waals surface area contributed by atoms with Gasteiger partial charge in [-0.2, -0.15) is 5.10 Å². The van der Waals surface area contributed by atoms with E-state index >= 15 is 0 Å². The zero-order chi connectivity index (χ0) is 21.3. The predicted octanol–water partition coefficient (Wildman–Crippen LogP) is 3.59. The van der Waals surface area contributed by atoms with Crippen LogP contribution in [0.25, 0.3) is 0 Å². The first-order chi connectivity index (χ1) is 13.7. The van der Waals surface area contributed by atoms with E-state index in [-0.39, 0.29) is 13.2 Å². The fourth-order valence-electron chi connectivity index (χ4n) is 2.05. The molecule has 0 unspecified atom stereocenters. The molecular formula is C21H23ClN2O5. The minimum Gasteiger partial charge on any atom is -0.484 e. The molecule has 2 rings (SSSR count). The first-order valence-corrected chi connectivity index (χ1v) is 9.24. The summed E-state index contributed by atoms with van der Waals surface area (Å²) in [5, 5.41) is 4.46. The minimum absolute atomic E-state index is 0.170. The van der Waals surface area contributed by atoms with Crippen LogP contribution < -0.4 is 14.9 Å². The minimum atomic E-state index is -0.551. The van der Waals surface area contributed by atoms with Crippen LogP contribution in [-0.4, -0.2) is 36.9 Å². The standard InChI is InChI=1S/C21H23ClN2O5/c1-21(2,3)29-20(26)14-28-17-8-4-15(5-9-17)12-23-24-19(25)13-27-18-10-6-16(22)7-11-18/h4-12H,13-14H2,1-3H3,(H,24,25)/b23-12-. The third-order valence-electron chi connectivity index (χ3n) is 3.24. The molecule has 0 aromatic heterocycles. The number of benzene rings is 2. The van der Waals surface area contributed by atoms with E-state index < -0.39 is 17.5 Å². The van der Waals surface area contributed by atoms with Gasteiger partial charge in [-0.3, -0.25) is 4.79 Å². The number of ether oxygens (including phenoxy) is 3. The number of nitrogens with zero attached hydrogens (tertiary/aromatic N) is 1. The summed E-state index contributed by atoms with van der Waals surface area (Å²) in [7, 11) is 0. The van der Waals surface area contributed by atoms with E-state index in [0.717, 1.165) is 5.56 Å². The number of rotatable bonds is 8.